The zero-order valence-corrected chi connectivity index (χ0v) is 19.3. The molecule has 2 aromatic rings. The highest BCUT2D eigenvalue weighted by molar-refractivity contribution is 7.88. The molecule has 1 spiro atoms. The van der Waals surface area contributed by atoms with E-state index in [-0.39, 0.29) is 11.5 Å². The van der Waals surface area contributed by atoms with E-state index in [1.165, 1.54) is 6.33 Å². The third-order valence-corrected chi connectivity index (χ3v) is 5.35. The van der Waals surface area contributed by atoms with Gasteiger partial charge < -0.3 is 16.0 Å². The minimum atomic E-state index is -3.17. The zero-order valence-electron chi connectivity index (χ0n) is 18.4. The molecular formula is C20H29N7O4S. The van der Waals surface area contributed by atoms with Crippen LogP contribution in [0.3, 0.4) is 0 Å². The summed E-state index contributed by atoms with van der Waals surface area (Å²) in [5.41, 5.74) is 0.880. The van der Waals surface area contributed by atoms with Crippen molar-refractivity contribution in [1.29, 1.82) is 0 Å². The van der Waals surface area contributed by atoms with Crippen LogP contribution in [0, 0.1) is 6.92 Å². The van der Waals surface area contributed by atoms with Gasteiger partial charge in [0.15, 0.2) is 0 Å². The van der Waals surface area contributed by atoms with Gasteiger partial charge in [-0.1, -0.05) is 6.42 Å². The van der Waals surface area contributed by atoms with Gasteiger partial charge in [0.25, 0.3) is 11.5 Å². The van der Waals surface area contributed by atoms with E-state index in [2.05, 4.69) is 31.1 Å². The smallest absolute Gasteiger partial charge is 0.276 e. The van der Waals surface area contributed by atoms with Crippen molar-refractivity contribution >= 4 is 33.3 Å². The second-order valence-corrected chi connectivity index (χ2v) is 9.71. The van der Waals surface area contributed by atoms with E-state index in [9.17, 15) is 18.0 Å². The molecule has 1 aliphatic heterocycles. The van der Waals surface area contributed by atoms with E-state index < -0.39 is 15.7 Å². The molecule has 0 radical (unpaired) electrons. The lowest BCUT2D eigenvalue weighted by Crippen LogP contribution is -2.48. The number of fused-ring (bicyclic) bond motifs is 2. The zero-order chi connectivity index (χ0) is 23.5. The third-order valence-electron chi connectivity index (χ3n) is 5.35. The van der Waals surface area contributed by atoms with Crippen LogP contribution in [0.4, 0.5) is 17.3 Å². The Labute approximate surface area is 186 Å². The van der Waals surface area contributed by atoms with Crippen LogP contribution < -0.4 is 26.6 Å². The van der Waals surface area contributed by atoms with Gasteiger partial charge in [-0.2, -0.15) is 0 Å². The minimum Gasteiger partial charge on any atom is -0.370 e. The van der Waals surface area contributed by atoms with E-state index in [1.54, 1.807) is 16.7 Å². The first-order valence-electron chi connectivity index (χ1n) is 10.4. The average Bonchev–Trinajstić information content (AvgIpc) is 2.98. The van der Waals surface area contributed by atoms with Gasteiger partial charge in [-0.3, -0.25) is 14.2 Å². The number of nitrogens with one attached hydrogen (secondary N) is 3. The summed E-state index contributed by atoms with van der Waals surface area (Å²) < 4.78 is 20.5. The fraction of sp³-hybridized carbons (Fsp3) is 0.500. The molecule has 1 saturated carbocycles. The number of sulfonamides is 1. The molecule has 2 aromatic heterocycles. The van der Waals surface area contributed by atoms with Crippen molar-refractivity contribution in [3.63, 3.8) is 0 Å². The Morgan fingerprint density at radius 1 is 1.16 bits per heavy atom. The molecular weight excluding hydrogens is 434 g/mol. The van der Waals surface area contributed by atoms with Gasteiger partial charge in [0, 0.05) is 12.6 Å². The second kappa shape index (κ2) is 9.25. The highest BCUT2D eigenvalue weighted by Gasteiger charge is 2.45. The van der Waals surface area contributed by atoms with Crippen LogP contribution in [0.2, 0.25) is 0 Å². The monoisotopic (exact) mass is 463 g/mol. The molecule has 3 heterocycles. The Morgan fingerprint density at radius 2 is 1.78 bits per heavy atom. The largest absolute Gasteiger partial charge is 0.370 e. The lowest BCUT2D eigenvalue weighted by atomic mass is 9.89. The van der Waals surface area contributed by atoms with E-state index in [1.807, 2.05) is 13.8 Å². The molecule has 0 aromatic carbocycles. The first-order valence-corrected chi connectivity index (χ1v) is 12.4. The van der Waals surface area contributed by atoms with Gasteiger partial charge in [0.05, 0.1) is 6.26 Å². The predicted molar refractivity (Wildman–Crippen MR) is 122 cm³/mol. The van der Waals surface area contributed by atoms with Gasteiger partial charge in [-0.05, 0) is 51.2 Å². The molecule has 12 heteroatoms. The Balaban J connectivity index is 0.000000523. The molecule has 11 nitrogen and oxygen atoms in total. The summed E-state index contributed by atoms with van der Waals surface area (Å²) >= 11 is 0. The van der Waals surface area contributed by atoms with Crippen molar-refractivity contribution in [1.82, 2.24) is 19.9 Å². The third kappa shape index (κ3) is 5.25. The second-order valence-electron chi connectivity index (χ2n) is 8.05. The molecule has 0 saturated heterocycles. The van der Waals surface area contributed by atoms with Crippen LogP contribution in [0.1, 0.15) is 55.1 Å². The minimum absolute atomic E-state index is 0.158. The van der Waals surface area contributed by atoms with Crippen LogP contribution in [-0.4, -0.2) is 41.7 Å². The summed E-state index contributed by atoms with van der Waals surface area (Å²) in [6.07, 6.45) is 7.09. The Hall–Kier alpha value is -2.99. The molecule has 1 aliphatic carbocycles. The summed E-state index contributed by atoms with van der Waals surface area (Å²) in [7, 11) is -3.17. The van der Waals surface area contributed by atoms with Crippen molar-refractivity contribution in [2.24, 2.45) is 5.14 Å². The Morgan fingerprint density at radius 3 is 2.41 bits per heavy atom. The van der Waals surface area contributed by atoms with Crippen LogP contribution >= 0.6 is 0 Å². The van der Waals surface area contributed by atoms with E-state index in [0.717, 1.165) is 50.5 Å². The Bertz CT molecular complexity index is 1160. The molecule has 0 unspecified atom stereocenters. The van der Waals surface area contributed by atoms with Gasteiger partial charge >= 0.3 is 0 Å². The fourth-order valence-electron chi connectivity index (χ4n) is 4.18. The molecule has 32 heavy (non-hydrogen) atoms. The molecule has 0 atom stereocenters. The number of nitrogens with two attached hydrogens (primary N) is 1. The van der Waals surface area contributed by atoms with Crippen LogP contribution in [0.25, 0.3) is 0 Å². The number of primary sulfonamides is 1. The van der Waals surface area contributed by atoms with Gasteiger partial charge in [0.2, 0.25) is 10.0 Å². The van der Waals surface area contributed by atoms with Crippen LogP contribution in [0.5, 0.6) is 0 Å². The number of carbonyl (C=O) groups excluding carboxylic acids is 1. The maximum absolute atomic E-state index is 13.3. The standard InChI is InChI=1S/C19H24N6O2.CH5NO2S/c1-3-20-14-10-15(22-11-21-14)23-13-9-12(2)16-17(26)24-19(25(16)18(13)27)7-5-4-6-8-19;1-5(2,3)4/h9-11H,3-8H2,1-2H3,(H,24,26)(H2,20,21,22,23);1H3,(H2,2,3,4). The average molecular weight is 464 g/mol. The van der Waals surface area contributed by atoms with Crippen molar-refractivity contribution in [2.75, 3.05) is 23.4 Å². The van der Waals surface area contributed by atoms with E-state index in [0.29, 0.717) is 23.0 Å². The van der Waals surface area contributed by atoms with E-state index >= 15 is 0 Å². The number of nitrogens with zero attached hydrogens (tertiary/aromatic N) is 3. The molecule has 0 bridgehead atoms. The number of aromatic nitrogens is 3. The normalized spacial score (nSPS) is 16.6. The number of hydrogen-bond donors (Lipinski definition) is 4. The van der Waals surface area contributed by atoms with Crippen molar-refractivity contribution < 1.29 is 13.2 Å². The Kier molecular flexibility index (Phi) is 6.84. The highest BCUT2D eigenvalue weighted by Crippen LogP contribution is 2.37. The molecule has 2 aliphatic rings. The maximum atomic E-state index is 13.3. The molecule has 1 amide bonds. The topological polar surface area (TPSA) is 161 Å². The number of rotatable bonds is 4. The highest BCUT2D eigenvalue weighted by atomic mass is 32.2. The van der Waals surface area contributed by atoms with Gasteiger partial charge in [-0.15, -0.1) is 0 Å². The molecule has 5 N–H and O–H groups in total. The molecule has 174 valence electrons. The number of amides is 1. The number of carbonyl (C=O) groups is 1. The number of pyridine rings is 1. The van der Waals surface area contributed by atoms with Crippen molar-refractivity contribution in [3.05, 3.63) is 40.1 Å². The summed E-state index contributed by atoms with van der Waals surface area (Å²) in [5, 5.41) is 13.7. The SMILES string of the molecule is CCNc1cc(Nc2cc(C)c3n(c2=O)C2(CCCCC2)NC3=O)ncn1.CS(N)(=O)=O. The molecule has 4 rings (SSSR count). The van der Waals surface area contributed by atoms with Crippen molar-refractivity contribution in [3.8, 4) is 0 Å². The first-order chi connectivity index (χ1) is 15.0. The van der Waals surface area contributed by atoms with Gasteiger partial charge in [0.1, 0.15) is 35.0 Å². The first kappa shape index (κ1) is 23.7. The van der Waals surface area contributed by atoms with Crippen molar-refractivity contribution in [2.45, 2.75) is 51.6 Å². The lowest BCUT2D eigenvalue weighted by Gasteiger charge is -2.35. The summed E-state index contributed by atoms with van der Waals surface area (Å²) in [4.78, 5) is 34.2. The number of hydrogen-bond acceptors (Lipinski definition) is 8. The van der Waals surface area contributed by atoms with Gasteiger partial charge in [-0.25, -0.2) is 23.5 Å². The lowest BCUT2D eigenvalue weighted by molar-refractivity contribution is 0.0876. The summed E-state index contributed by atoms with van der Waals surface area (Å²) in [6, 6.07) is 3.49. The summed E-state index contributed by atoms with van der Waals surface area (Å²) in [6.45, 7) is 4.59. The quantitative estimate of drug-likeness (QED) is 0.529. The predicted octanol–water partition coefficient (Wildman–Crippen LogP) is 1.39. The van der Waals surface area contributed by atoms with Crippen LogP contribution in [-0.2, 0) is 15.7 Å². The molecule has 1 fully saturated rings. The number of aryl methyl sites for hydroxylation is 1. The van der Waals surface area contributed by atoms with Crippen LogP contribution in [0.15, 0.2) is 23.3 Å². The summed E-state index contributed by atoms with van der Waals surface area (Å²) in [5.74, 6) is 1.07. The maximum Gasteiger partial charge on any atom is 0.276 e. The fourth-order valence-corrected chi connectivity index (χ4v) is 4.18. The number of anilines is 3. The van der Waals surface area contributed by atoms with E-state index in [4.69, 9.17) is 0 Å².